The lowest BCUT2D eigenvalue weighted by Gasteiger charge is -2.37. The predicted octanol–water partition coefficient (Wildman–Crippen LogP) is 0.923. The fourth-order valence-corrected chi connectivity index (χ4v) is 4.22. The molecular weight excluding hydrogens is 372 g/mol. The molecule has 1 aromatic rings. The van der Waals surface area contributed by atoms with Crippen LogP contribution in [-0.2, 0) is 9.59 Å². The summed E-state index contributed by atoms with van der Waals surface area (Å²) in [6.45, 7) is 2.76. The molecule has 0 spiro atoms. The Morgan fingerprint density at radius 3 is 2.52 bits per heavy atom. The molecule has 1 atom stereocenters. The van der Waals surface area contributed by atoms with Gasteiger partial charge in [-0.25, -0.2) is 0 Å². The molecule has 0 aromatic heterocycles. The van der Waals surface area contributed by atoms with E-state index in [0.29, 0.717) is 37.7 Å². The van der Waals surface area contributed by atoms with Gasteiger partial charge in [-0.15, -0.1) is 0 Å². The second-order valence-electron chi connectivity index (χ2n) is 7.91. The van der Waals surface area contributed by atoms with E-state index >= 15 is 0 Å². The van der Waals surface area contributed by atoms with Gasteiger partial charge < -0.3 is 19.7 Å². The average Bonchev–Trinajstić information content (AvgIpc) is 3.22. The van der Waals surface area contributed by atoms with Gasteiger partial charge >= 0.3 is 0 Å². The first-order valence-electron chi connectivity index (χ1n) is 10.2. The zero-order valence-corrected chi connectivity index (χ0v) is 16.4. The van der Waals surface area contributed by atoms with Crippen molar-refractivity contribution in [2.24, 2.45) is 0 Å². The molecule has 4 rings (SSSR count). The lowest BCUT2D eigenvalue weighted by Crippen LogP contribution is -2.56. The van der Waals surface area contributed by atoms with E-state index in [-0.39, 0.29) is 25.0 Å². The fraction of sp³-hybridized carbons (Fsp3) is 0.571. The van der Waals surface area contributed by atoms with Gasteiger partial charge in [0, 0.05) is 26.2 Å². The predicted molar refractivity (Wildman–Crippen MR) is 104 cm³/mol. The quantitative estimate of drug-likeness (QED) is 0.811. The monoisotopic (exact) mass is 398 g/mol. The van der Waals surface area contributed by atoms with Gasteiger partial charge in [0.25, 0.3) is 5.91 Å². The Morgan fingerprint density at radius 2 is 1.83 bits per heavy atom. The molecule has 2 aliphatic heterocycles. The number of carbonyl (C=O) groups excluding carboxylic acids is 2. The van der Waals surface area contributed by atoms with Crippen molar-refractivity contribution >= 4 is 11.8 Å². The molecule has 0 unspecified atom stereocenters. The van der Waals surface area contributed by atoms with Crippen LogP contribution in [0.5, 0.6) is 11.5 Å². The van der Waals surface area contributed by atoms with E-state index in [1.165, 1.54) is 0 Å². The van der Waals surface area contributed by atoms with Gasteiger partial charge in [0.05, 0.1) is 12.6 Å². The summed E-state index contributed by atoms with van der Waals surface area (Å²) in [7, 11) is 0. The molecule has 29 heavy (non-hydrogen) atoms. The van der Waals surface area contributed by atoms with E-state index in [4.69, 9.17) is 9.47 Å². The number of nitriles is 1. The van der Waals surface area contributed by atoms with Gasteiger partial charge in [-0.2, -0.15) is 5.26 Å². The first-order chi connectivity index (χ1) is 14.1. The molecule has 1 N–H and O–H groups in total. The van der Waals surface area contributed by atoms with Gasteiger partial charge in [-0.3, -0.25) is 14.5 Å². The average molecular weight is 398 g/mol. The Kier molecular flexibility index (Phi) is 5.58. The van der Waals surface area contributed by atoms with Crippen molar-refractivity contribution in [1.29, 1.82) is 5.26 Å². The lowest BCUT2D eigenvalue weighted by atomic mass is 10.00. The van der Waals surface area contributed by atoms with E-state index in [1.807, 2.05) is 23.1 Å². The van der Waals surface area contributed by atoms with Gasteiger partial charge in [-0.1, -0.05) is 12.1 Å². The molecule has 2 fully saturated rings. The van der Waals surface area contributed by atoms with Crippen LogP contribution in [0.15, 0.2) is 24.3 Å². The number of hydrogen-bond donors (Lipinski definition) is 1. The summed E-state index contributed by atoms with van der Waals surface area (Å²) < 4.78 is 11.5. The molecular formula is C21H26N4O4. The third-order valence-electron chi connectivity index (χ3n) is 5.89. The molecule has 154 valence electrons. The normalized spacial score (nSPS) is 23.3. The minimum atomic E-state index is -0.691. The summed E-state index contributed by atoms with van der Waals surface area (Å²) >= 11 is 0. The molecule has 2 heterocycles. The number of ether oxygens (including phenoxy) is 2. The lowest BCUT2D eigenvalue weighted by molar-refractivity contribution is -0.143. The molecule has 1 aliphatic carbocycles. The SMILES string of the molecule is N#CC1(NC(=O)CN2CCN(C(=O)[C@H]3COc4ccccc4O3)CC2)CCCC1. The molecule has 1 saturated heterocycles. The summed E-state index contributed by atoms with van der Waals surface area (Å²) in [5.41, 5.74) is -0.691. The van der Waals surface area contributed by atoms with Crippen LogP contribution in [-0.4, -0.2) is 72.6 Å². The Balaban J connectivity index is 1.25. The first-order valence-corrected chi connectivity index (χ1v) is 10.2. The maximum Gasteiger partial charge on any atom is 0.267 e. The van der Waals surface area contributed by atoms with E-state index in [2.05, 4.69) is 11.4 Å². The largest absolute Gasteiger partial charge is 0.485 e. The van der Waals surface area contributed by atoms with Crippen LogP contribution in [0.3, 0.4) is 0 Å². The minimum Gasteiger partial charge on any atom is -0.485 e. The zero-order valence-electron chi connectivity index (χ0n) is 16.4. The highest BCUT2D eigenvalue weighted by atomic mass is 16.6. The number of rotatable bonds is 4. The van der Waals surface area contributed by atoms with Gasteiger partial charge in [0.15, 0.2) is 11.5 Å². The second kappa shape index (κ2) is 8.29. The van der Waals surface area contributed by atoms with Crippen LogP contribution >= 0.6 is 0 Å². The zero-order chi connectivity index (χ0) is 20.3. The molecule has 2 amide bonds. The van der Waals surface area contributed by atoms with E-state index in [0.717, 1.165) is 25.7 Å². The Bertz CT molecular complexity index is 807. The van der Waals surface area contributed by atoms with Crippen molar-refractivity contribution in [3.8, 4) is 17.6 Å². The van der Waals surface area contributed by atoms with E-state index in [9.17, 15) is 14.9 Å². The highest BCUT2D eigenvalue weighted by molar-refractivity contribution is 5.82. The Morgan fingerprint density at radius 1 is 1.14 bits per heavy atom. The molecule has 8 heteroatoms. The number of benzene rings is 1. The van der Waals surface area contributed by atoms with Crippen LogP contribution in [0.4, 0.5) is 0 Å². The number of fused-ring (bicyclic) bond motifs is 1. The number of nitrogens with one attached hydrogen (secondary N) is 1. The highest BCUT2D eigenvalue weighted by Crippen LogP contribution is 2.31. The van der Waals surface area contributed by atoms with Crippen LogP contribution in [0.1, 0.15) is 25.7 Å². The van der Waals surface area contributed by atoms with E-state index < -0.39 is 11.6 Å². The van der Waals surface area contributed by atoms with Crippen molar-refractivity contribution in [1.82, 2.24) is 15.1 Å². The summed E-state index contributed by atoms with van der Waals surface area (Å²) in [6.07, 6.45) is 2.77. The first kappa shape index (κ1) is 19.5. The van der Waals surface area contributed by atoms with Crippen LogP contribution in [0.2, 0.25) is 0 Å². The third-order valence-corrected chi connectivity index (χ3v) is 5.89. The Hall–Kier alpha value is -2.79. The van der Waals surface area contributed by atoms with Crippen LogP contribution in [0.25, 0.3) is 0 Å². The van der Waals surface area contributed by atoms with Crippen molar-refractivity contribution in [3.05, 3.63) is 24.3 Å². The van der Waals surface area contributed by atoms with Gasteiger partial charge in [0.1, 0.15) is 12.1 Å². The molecule has 0 bridgehead atoms. The van der Waals surface area contributed by atoms with Crippen LogP contribution in [0, 0.1) is 11.3 Å². The van der Waals surface area contributed by atoms with Crippen molar-refractivity contribution in [2.75, 3.05) is 39.3 Å². The fourth-order valence-electron chi connectivity index (χ4n) is 4.22. The molecule has 0 radical (unpaired) electrons. The number of piperazine rings is 1. The van der Waals surface area contributed by atoms with Gasteiger partial charge in [0.2, 0.25) is 12.0 Å². The number of hydrogen-bond acceptors (Lipinski definition) is 6. The standard InChI is InChI=1S/C21H26N4O4/c22-15-21(7-3-4-8-21)23-19(26)13-24-9-11-25(12-10-24)20(27)18-14-28-16-5-1-2-6-17(16)29-18/h1-2,5-6,18H,3-4,7-14H2,(H,23,26)/t18-/m1/s1. The third kappa shape index (κ3) is 4.30. The summed E-state index contributed by atoms with van der Waals surface area (Å²) in [5, 5.41) is 12.3. The van der Waals surface area contributed by atoms with Crippen LogP contribution < -0.4 is 14.8 Å². The summed E-state index contributed by atoms with van der Waals surface area (Å²) in [6, 6.07) is 9.61. The molecule has 1 saturated carbocycles. The van der Waals surface area contributed by atoms with Crippen molar-refractivity contribution < 1.29 is 19.1 Å². The number of amides is 2. The van der Waals surface area contributed by atoms with Gasteiger partial charge in [-0.05, 0) is 37.8 Å². The summed E-state index contributed by atoms with van der Waals surface area (Å²) in [5.74, 6) is 1.04. The topological polar surface area (TPSA) is 94.9 Å². The number of para-hydroxylation sites is 2. The Labute approximate surface area is 170 Å². The smallest absolute Gasteiger partial charge is 0.267 e. The highest BCUT2D eigenvalue weighted by Gasteiger charge is 2.36. The molecule has 1 aromatic carbocycles. The van der Waals surface area contributed by atoms with Crippen molar-refractivity contribution in [3.63, 3.8) is 0 Å². The molecule has 3 aliphatic rings. The minimum absolute atomic E-state index is 0.0852. The van der Waals surface area contributed by atoms with E-state index in [1.54, 1.807) is 11.0 Å². The maximum absolute atomic E-state index is 12.8. The molecule has 8 nitrogen and oxygen atoms in total. The summed E-state index contributed by atoms with van der Waals surface area (Å²) in [4.78, 5) is 29.0. The second-order valence-corrected chi connectivity index (χ2v) is 7.91. The number of carbonyl (C=O) groups is 2. The number of nitrogens with zero attached hydrogens (tertiary/aromatic N) is 3. The maximum atomic E-state index is 12.8. The van der Waals surface area contributed by atoms with Crippen molar-refractivity contribution in [2.45, 2.75) is 37.3 Å².